The Labute approximate surface area is 195 Å². The minimum absolute atomic E-state index is 0.229. The molecule has 2 N–H and O–H groups in total. The molecule has 0 saturated carbocycles. The van der Waals surface area contributed by atoms with Gasteiger partial charge in [0.15, 0.2) is 6.61 Å². The Kier molecular flexibility index (Phi) is 7.06. The molecule has 0 radical (unpaired) electrons. The fourth-order valence-electron chi connectivity index (χ4n) is 3.18. The summed E-state index contributed by atoms with van der Waals surface area (Å²) in [4.78, 5) is 33.9. The molecule has 0 aliphatic heterocycles. The fourth-order valence-corrected chi connectivity index (χ4v) is 4.11. The number of amides is 2. The second kappa shape index (κ2) is 10.5. The molecule has 0 bridgehead atoms. The largest absolute Gasteiger partial charge is 0.483 e. The first-order valence-corrected chi connectivity index (χ1v) is 11.1. The molecule has 8 heteroatoms. The summed E-state index contributed by atoms with van der Waals surface area (Å²) in [5.74, 6) is -0.281. The third kappa shape index (κ3) is 5.81. The number of nitrogens with one attached hydrogen (secondary N) is 2. The van der Waals surface area contributed by atoms with Crippen LogP contribution in [0.2, 0.25) is 0 Å². The molecule has 33 heavy (non-hydrogen) atoms. The monoisotopic (exact) mass is 458 g/mol. The summed E-state index contributed by atoms with van der Waals surface area (Å²) < 4.78 is 5.71. The number of thiazole rings is 1. The maximum atomic E-state index is 12.5. The van der Waals surface area contributed by atoms with Crippen LogP contribution in [0, 0.1) is 6.92 Å². The number of aromatic nitrogens is 2. The molecule has 0 spiro atoms. The Morgan fingerprint density at radius 2 is 1.70 bits per heavy atom. The summed E-state index contributed by atoms with van der Waals surface area (Å²) in [6, 6.07) is 23.1. The molecule has 0 unspecified atom stereocenters. The van der Waals surface area contributed by atoms with E-state index in [1.54, 1.807) is 13.1 Å². The number of pyridine rings is 1. The van der Waals surface area contributed by atoms with Crippen LogP contribution in [0.15, 0.2) is 79.0 Å². The molecule has 4 rings (SSSR count). The van der Waals surface area contributed by atoms with E-state index in [0.29, 0.717) is 33.4 Å². The molecule has 7 nitrogen and oxygen atoms in total. The zero-order chi connectivity index (χ0) is 23.0. The molecule has 0 saturated heterocycles. The second-order valence-corrected chi connectivity index (χ2v) is 8.21. The van der Waals surface area contributed by atoms with Crippen LogP contribution in [0.25, 0.3) is 10.7 Å². The standard InChI is InChI=1S/C25H22N4O3S/c1-17-23(33-25(27-17)20-12-7-8-14-26-20)24(31)29-28-22(30)16-32-21-13-6-5-11-19(21)15-18-9-3-2-4-10-18/h2-14H,15-16H2,1H3,(H,28,30)(H,29,31). The second-order valence-electron chi connectivity index (χ2n) is 7.21. The maximum absolute atomic E-state index is 12.5. The lowest BCUT2D eigenvalue weighted by Crippen LogP contribution is -2.43. The van der Waals surface area contributed by atoms with Gasteiger partial charge in [-0.25, -0.2) is 4.98 Å². The average molecular weight is 459 g/mol. The van der Waals surface area contributed by atoms with Crippen LogP contribution in [0.4, 0.5) is 0 Å². The summed E-state index contributed by atoms with van der Waals surface area (Å²) >= 11 is 1.22. The molecule has 0 atom stereocenters. The highest BCUT2D eigenvalue weighted by Crippen LogP contribution is 2.26. The Bertz CT molecular complexity index is 1240. The Morgan fingerprint density at radius 1 is 0.939 bits per heavy atom. The Hall–Kier alpha value is -4.04. The summed E-state index contributed by atoms with van der Waals surface area (Å²) in [6.45, 7) is 1.51. The zero-order valence-corrected chi connectivity index (χ0v) is 18.8. The number of para-hydroxylation sites is 1. The number of aryl methyl sites for hydroxylation is 1. The highest BCUT2D eigenvalue weighted by atomic mass is 32.1. The lowest BCUT2D eigenvalue weighted by Gasteiger charge is -2.12. The van der Waals surface area contributed by atoms with E-state index in [2.05, 4.69) is 20.8 Å². The van der Waals surface area contributed by atoms with Gasteiger partial charge >= 0.3 is 0 Å². The molecule has 4 aromatic rings. The topological polar surface area (TPSA) is 93.2 Å². The van der Waals surface area contributed by atoms with E-state index in [0.717, 1.165) is 11.1 Å². The van der Waals surface area contributed by atoms with Crippen LogP contribution < -0.4 is 15.6 Å². The van der Waals surface area contributed by atoms with Gasteiger partial charge in [0.25, 0.3) is 11.8 Å². The fraction of sp³-hybridized carbons (Fsp3) is 0.120. The number of ether oxygens (including phenoxy) is 1. The van der Waals surface area contributed by atoms with Crippen molar-refractivity contribution in [2.75, 3.05) is 6.61 Å². The van der Waals surface area contributed by atoms with Crippen molar-refractivity contribution in [3.63, 3.8) is 0 Å². The SMILES string of the molecule is Cc1nc(-c2ccccn2)sc1C(=O)NNC(=O)COc1ccccc1Cc1ccccc1. The van der Waals surface area contributed by atoms with E-state index in [1.165, 1.54) is 11.3 Å². The molecule has 0 aliphatic rings. The Morgan fingerprint density at radius 3 is 2.48 bits per heavy atom. The third-order valence-electron chi connectivity index (χ3n) is 4.77. The van der Waals surface area contributed by atoms with Gasteiger partial charge in [0, 0.05) is 12.6 Å². The van der Waals surface area contributed by atoms with Gasteiger partial charge in [-0.1, -0.05) is 54.6 Å². The summed E-state index contributed by atoms with van der Waals surface area (Å²) in [7, 11) is 0. The summed E-state index contributed by atoms with van der Waals surface area (Å²) in [5.41, 5.74) is 8.21. The van der Waals surface area contributed by atoms with E-state index in [-0.39, 0.29) is 6.61 Å². The molecular formula is C25H22N4O3S. The number of rotatable bonds is 7. The van der Waals surface area contributed by atoms with Crippen molar-refractivity contribution in [2.24, 2.45) is 0 Å². The van der Waals surface area contributed by atoms with Crippen LogP contribution in [0.5, 0.6) is 5.75 Å². The van der Waals surface area contributed by atoms with Crippen molar-refractivity contribution in [3.05, 3.63) is 101 Å². The van der Waals surface area contributed by atoms with Crippen molar-refractivity contribution in [1.82, 2.24) is 20.8 Å². The highest BCUT2D eigenvalue weighted by molar-refractivity contribution is 7.17. The number of benzene rings is 2. The predicted octanol–water partition coefficient (Wildman–Crippen LogP) is 3.94. The van der Waals surface area contributed by atoms with Gasteiger partial charge in [0.2, 0.25) is 0 Å². The lowest BCUT2D eigenvalue weighted by molar-refractivity contribution is -0.123. The molecule has 2 heterocycles. The summed E-state index contributed by atoms with van der Waals surface area (Å²) in [5, 5.41) is 0.642. The molecular weight excluding hydrogens is 436 g/mol. The van der Waals surface area contributed by atoms with Crippen molar-refractivity contribution in [1.29, 1.82) is 0 Å². The predicted molar refractivity (Wildman–Crippen MR) is 127 cm³/mol. The molecule has 0 fully saturated rings. The zero-order valence-electron chi connectivity index (χ0n) is 17.9. The van der Waals surface area contributed by atoms with Crippen LogP contribution in [0.3, 0.4) is 0 Å². The first-order valence-electron chi connectivity index (χ1n) is 10.3. The number of carbonyl (C=O) groups excluding carboxylic acids is 2. The van der Waals surface area contributed by atoms with Crippen molar-refractivity contribution >= 4 is 23.2 Å². The van der Waals surface area contributed by atoms with Gasteiger partial charge in [-0.2, -0.15) is 0 Å². The van der Waals surface area contributed by atoms with Gasteiger partial charge in [-0.05, 0) is 36.2 Å². The first kappa shape index (κ1) is 22.2. The Balaban J connectivity index is 1.32. The van der Waals surface area contributed by atoms with Crippen LogP contribution >= 0.6 is 11.3 Å². The van der Waals surface area contributed by atoms with E-state index < -0.39 is 11.8 Å². The quantitative estimate of drug-likeness (QED) is 0.409. The number of carbonyl (C=O) groups is 2. The normalized spacial score (nSPS) is 10.5. The average Bonchev–Trinajstić information content (AvgIpc) is 3.25. The van der Waals surface area contributed by atoms with Crippen LogP contribution in [-0.4, -0.2) is 28.4 Å². The van der Waals surface area contributed by atoms with E-state index in [9.17, 15) is 9.59 Å². The van der Waals surface area contributed by atoms with Crippen molar-refractivity contribution in [2.45, 2.75) is 13.3 Å². The van der Waals surface area contributed by atoms with Gasteiger partial charge in [-0.15, -0.1) is 11.3 Å². The molecule has 2 aromatic carbocycles. The van der Waals surface area contributed by atoms with Gasteiger partial charge < -0.3 is 4.74 Å². The molecule has 2 amide bonds. The lowest BCUT2D eigenvalue weighted by atomic mass is 10.0. The van der Waals surface area contributed by atoms with Gasteiger partial charge in [-0.3, -0.25) is 25.4 Å². The van der Waals surface area contributed by atoms with Crippen LogP contribution in [0.1, 0.15) is 26.5 Å². The third-order valence-corrected chi connectivity index (χ3v) is 5.95. The van der Waals surface area contributed by atoms with E-state index >= 15 is 0 Å². The summed E-state index contributed by atoms with van der Waals surface area (Å²) in [6.07, 6.45) is 2.36. The molecule has 0 aliphatic carbocycles. The van der Waals surface area contributed by atoms with Crippen molar-refractivity contribution < 1.29 is 14.3 Å². The number of hydrogen-bond acceptors (Lipinski definition) is 6. The van der Waals surface area contributed by atoms with E-state index in [4.69, 9.17) is 4.74 Å². The number of nitrogens with zero attached hydrogens (tertiary/aromatic N) is 2. The maximum Gasteiger partial charge on any atom is 0.281 e. The van der Waals surface area contributed by atoms with Gasteiger partial charge in [0.05, 0.1) is 11.4 Å². The van der Waals surface area contributed by atoms with Crippen LogP contribution in [-0.2, 0) is 11.2 Å². The number of hydrogen-bond donors (Lipinski definition) is 2. The number of hydrazine groups is 1. The minimum atomic E-state index is -0.468. The highest BCUT2D eigenvalue weighted by Gasteiger charge is 2.17. The van der Waals surface area contributed by atoms with Crippen molar-refractivity contribution in [3.8, 4) is 16.5 Å². The van der Waals surface area contributed by atoms with E-state index in [1.807, 2.05) is 72.8 Å². The smallest absolute Gasteiger partial charge is 0.281 e. The molecule has 2 aromatic heterocycles. The molecule has 166 valence electrons. The first-order chi connectivity index (χ1) is 16.1. The van der Waals surface area contributed by atoms with Gasteiger partial charge in [0.1, 0.15) is 15.6 Å². The minimum Gasteiger partial charge on any atom is -0.483 e.